The van der Waals surface area contributed by atoms with E-state index in [9.17, 15) is 14.4 Å². The van der Waals surface area contributed by atoms with Crippen molar-refractivity contribution in [2.75, 3.05) is 46.3 Å². The molecule has 0 bridgehead atoms. The molecule has 0 saturated heterocycles. The van der Waals surface area contributed by atoms with Crippen LogP contribution in [0, 0.1) is 0 Å². The number of aldehydes is 1. The van der Waals surface area contributed by atoms with Gasteiger partial charge in [-0.3, -0.25) is 9.59 Å². The third-order valence-electron chi connectivity index (χ3n) is 3.44. The van der Waals surface area contributed by atoms with E-state index in [4.69, 9.17) is 7.31 Å². The number of carbonyl (C=O) groups excluding carboxylic acids is 3. The Morgan fingerprint density at radius 1 is 1.26 bits per heavy atom. The lowest BCUT2D eigenvalue weighted by Gasteiger charge is -2.25. The van der Waals surface area contributed by atoms with Crippen LogP contribution < -0.4 is 10.6 Å². The van der Waals surface area contributed by atoms with Gasteiger partial charge in [-0.05, 0) is 13.5 Å². The highest BCUT2D eigenvalue weighted by Gasteiger charge is 2.15. The third kappa shape index (κ3) is 8.97. The number of nitrogens with one attached hydrogen (secondary N) is 2. The summed E-state index contributed by atoms with van der Waals surface area (Å²) in [6.45, 7) is 9.34. The molecule has 0 aromatic heterocycles. The maximum Gasteiger partial charge on any atom is 0.239 e. The van der Waals surface area contributed by atoms with E-state index in [1.807, 2.05) is 6.92 Å². The number of hydrogen-bond acceptors (Lipinski definition) is 5. The van der Waals surface area contributed by atoms with Crippen LogP contribution in [0.1, 0.15) is 34.0 Å². The smallest absolute Gasteiger partial charge is 0.239 e. The number of carbonyl (C=O) groups is 3. The summed E-state index contributed by atoms with van der Waals surface area (Å²) < 4.78 is 27.1. The molecule has 0 spiro atoms. The van der Waals surface area contributed by atoms with Crippen LogP contribution in [0.5, 0.6) is 0 Å². The molecule has 0 aliphatic heterocycles. The zero-order valence-electron chi connectivity index (χ0n) is 19.5. The highest BCUT2D eigenvalue weighted by molar-refractivity contribution is 5.84. The molecule has 7 nitrogen and oxygen atoms in total. The van der Waals surface area contributed by atoms with Gasteiger partial charge in [-0.2, -0.15) is 0 Å². The SMILES string of the molecule is [3H]C(=O)CN(CCNC(=O)CN(CCNC)C(=O)CC)C(=C)CC.[3H][3H].[3H][3H]. The first-order valence-corrected chi connectivity index (χ1v) is 7.96. The summed E-state index contributed by atoms with van der Waals surface area (Å²) in [4.78, 5) is 38.0. The van der Waals surface area contributed by atoms with Gasteiger partial charge in [-0.15, -0.1) is 0 Å². The Labute approximate surface area is 146 Å². The monoisotopic (exact) mass is 340 g/mol. The molecule has 0 aliphatic rings. The van der Waals surface area contributed by atoms with Crippen LogP contribution in [0.2, 0.25) is 0 Å². The van der Waals surface area contributed by atoms with E-state index in [0.717, 1.165) is 5.70 Å². The van der Waals surface area contributed by atoms with Crippen LogP contribution in [0.3, 0.4) is 0 Å². The van der Waals surface area contributed by atoms with Crippen LogP contribution in [0.25, 0.3) is 0 Å². The Morgan fingerprint density at radius 3 is 2.43 bits per heavy atom. The average Bonchev–Trinajstić information content (AvgIpc) is 2.71. The second-order valence-corrected chi connectivity index (χ2v) is 5.11. The normalized spacial score (nSPS) is 11.3. The Bertz CT molecular complexity index is 456. The standard InChI is InChI=1S/C16H30N4O3.2H2/c1-5-14(3)19(11-12-21)10-8-18-15(22)13-20(9-7-17-4)16(23)6-2;;/h12,17H,3,5-11,13H2,1-2,4H3,(H,18,22);2*1H/i12T;2*1+2T. The molecule has 0 aliphatic carbocycles. The molecule has 2 N–H and O–H groups in total. The van der Waals surface area contributed by atoms with Gasteiger partial charge in [-0.25, -0.2) is 0 Å². The zero-order valence-corrected chi connectivity index (χ0v) is 14.5. The molecule has 7 heteroatoms. The number of nitrogens with zero attached hydrogens (tertiary/aromatic N) is 2. The number of rotatable bonds is 13. The van der Waals surface area contributed by atoms with Crippen molar-refractivity contribution in [3.63, 3.8) is 0 Å². The quantitative estimate of drug-likeness (QED) is 0.477. The van der Waals surface area contributed by atoms with Gasteiger partial charge in [0.1, 0.15) is 7.63 Å². The Morgan fingerprint density at radius 2 is 1.91 bits per heavy atom. The lowest BCUT2D eigenvalue weighted by molar-refractivity contribution is -0.135. The lowest BCUT2D eigenvalue weighted by Crippen LogP contribution is -2.44. The summed E-state index contributed by atoms with van der Waals surface area (Å²) in [6, 6.07) is 0. The van der Waals surface area contributed by atoms with Crippen LogP contribution in [0.15, 0.2) is 12.3 Å². The molecule has 0 heterocycles. The van der Waals surface area contributed by atoms with Crippen molar-refractivity contribution < 1.29 is 21.7 Å². The van der Waals surface area contributed by atoms with Crippen molar-refractivity contribution in [3.8, 4) is 0 Å². The fraction of sp³-hybridized carbons (Fsp3) is 0.688. The highest BCUT2D eigenvalue weighted by Crippen LogP contribution is 2.03. The summed E-state index contributed by atoms with van der Waals surface area (Å²) in [6.07, 6.45) is 0.333. The lowest BCUT2D eigenvalue weighted by atomic mass is 10.3. The topological polar surface area (TPSA) is 81.8 Å². The highest BCUT2D eigenvalue weighted by atomic mass is 16.2. The van der Waals surface area contributed by atoms with Gasteiger partial charge in [0.05, 0.1) is 13.1 Å². The molecular weight excluding hydrogens is 296 g/mol. The molecule has 0 aromatic rings. The van der Waals surface area contributed by atoms with Gasteiger partial charge in [0.15, 0.2) is 0 Å². The molecule has 0 saturated carbocycles. The predicted molar refractivity (Wildman–Crippen MR) is 95.1 cm³/mol. The van der Waals surface area contributed by atoms with Gasteiger partial charge >= 0.3 is 0 Å². The van der Waals surface area contributed by atoms with Crippen molar-refractivity contribution >= 4 is 18.1 Å². The van der Waals surface area contributed by atoms with Gasteiger partial charge in [0.2, 0.25) is 11.8 Å². The summed E-state index contributed by atoms with van der Waals surface area (Å²) >= 11 is 0. The molecule has 136 valence electrons. The van der Waals surface area contributed by atoms with Crippen LogP contribution in [0.4, 0.5) is 0 Å². The van der Waals surface area contributed by atoms with E-state index in [1.165, 1.54) is 4.90 Å². The molecule has 23 heavy (non-hydrogen) atoms. The maximum atomic E-state index is 12.0. The summed E-state index contributed by atoms with van der Waals surface area (Å²) in [5.74, 6) is -0.312. The van der Waals surface area contributed by atoms with E-state index in [0.29, 0.717) is 39.0 Å². The first-order valence-electron chi connectivity index (χ1n) is 10.5. The van der Waals surface area contributed by atoms with Crippen molar-refractivity contribution in [2.45, 2.75) is 26.7 Å². The fourth-order valence-corrected chi connectivity index (χ4v) is 1.97. The van der Waals surface area contributed by atoms with Crippen molar-refractivity contribution in [1.29, 1.82) is 0 Å². The number of hydrogen-bond donors (Lipinski definition) is 2. The number of likely N-dealkylation sites (N-methyl/N-ethyl adjacent to an activating group) is 1. The van der Waals surface area contributed by atoms with E-state index in [1.54, 1.807) is 18.9 Å². The van der Waals surface area contributed by atoms with Crippen LogP contribution in [-0.4, -0.2) is 74.2 Å². The van der Waals surface area contributed by atoms with Gasteiger partial charge in [0.25, 0.3) is 0 Å². The first-order chi connectivity index (χ1) is 13.3. The van der Waals surface area contributed by atoms with Crippen LogP contribution in [-0.2, 0) is 14.4 Å². The Hall–Kier alpha value is -1.89. The minimum absolute atomic E-state index is 0.0143. The average molecular weight is 341 g/mol. The van der Waals surface area contributed by atoms with E-state index in [-0.39, 0.29) is 24.9 Å². The number of allylic oxidation sites excluding steroid dienone is 1. The molecular formula is C16H34N4O3. The fourth-order valence-electron chi connectivity index (χ4n) is 1.97. The Balaban J connectivity index is -0.00000146. The zero-order chi connectivity index (χ0) is 22.5. The number of amides is 2. The second-order valence-electron chi connectivity index (χ2n) is 5.11. The van der Waals surface area contributed by atoms with E-state index in [2.05, 4.69) is 17.2 Å². The van der Waals surface area contributed by atoms with E-state index >= 15 is 0 Å². The summed E-state index contributed by atoms with van der Waals surface area (Å²) in [5.41, 5.74) is 0.752. The van der Waals surface area contributed by atoms with E-state index < -0.39 is 6.26 Å². The molecule has 2 amide bonds. The first kappa shape index (κ1) is 16.0. The van der Waals surface area contributed by atoms with Crippen LogP contribution >= 0.6 is 0 Å². The minimum atomic E-state index is -0.692. The largest absolute Gasteiger partial charge is 0.367 e. The molecule has 0 unspecified atom stereocenters. The minimum Gasteiger partial charge on any atom is -0.367 e. The summed E-state index contributed by atoms with van der Waals surface area (Å²) in [5, 5.41) is 5.70. The molecule has 0 fully saturated rings. The van der Waals surface area contributed by atoms with Crippen molar-refractivity contribution in [1.82, 2.24) is 20.4 Å². The van der Waals surface area contributed by atoms with Gasteiger partial charge < -0.3 is 25.2 Å². The predicted octanol–water partition coefficient (Wildman–Crippen LogP) is 0.477. The van der Waals surface area contributed by atoms with Crippen molar-refractivity contribution in [3.05, 3.63) is 12.3 Å². The van der Waals surface area contributed by atoms with Gasteiger partial charge in [-0.1, -0.05) is 20.4 Å². The second kappa shape index (κ2) is 12.6. The summed E-state index contributed by atoms with van der Waals surface area (Å²) in [7, 11) is 1.79. The molecule has 0 rings (SSSR count). The van der Waals surface area contributed by atoms with Gasteiger partial charge in [0, 0.05) is 44.2 Å². The molecule has 0 aromatic carbocycles. The third-order valence-corrected chi connectivity index (χ3v) is 3.44. The molecule has 0 radical (unpaired) electrons. The van der Waals surface area contributed by atoms with Crippen molar-refractivity contribution in [2.24, 2.45) is 0 Å². The maximum absolute atomic E-state index is 12.0. The molecule has 0 atom stereocenters. The Kier molecular flexibility index (Phi) is 8.78.